The van der Waals surface area contributed by atoms with Crippen LogP contribution in [0, 0.1) is 29.6 Å². The van der Waals surface area contributed by atoms with Crippen molar-refractivity contribution in [3.05, 3.63) is 0 Å². The van der Waals surface area contributed by atoms with E-state index in [0.717, 1.165) is 38.4 Å². The van der Waals surface area contributed by atoms with Crippen LogP contribution >= 0.6 is 0 Å². The van der Waals surface area contributed by atoms with Crippen LogP contribution < -0.4 is 16.7 Å². The molecule has 1 saturated heterocycles. The average molecular weight is 546 g/mol. The van der Waals surface area contributed by atoms with Crippen LogP contribution in [0.5, 0.6) is 0 Å². The highest BCUT2D eigenvalue weighted by molar-refractivity contribution is 7.93. The number of hydrogen-bond donors (Lipinski definition) is 3. The SMILES string of the molecule is CC(C)CC(CCC1CCCCC1)[C@@H](C(=O)NOC1CCCCO1)[C@](CC(C)C)(C(=O)NN)S(C)(=O)=O. The summed E-state index contributed by atoms with van der Waals surface area (Å²) < 4.78 is 30.7. The molecular weight excluding hydrogens is 494 g/mol. The third kappa shape index (κ3) is 8.90. The number of sulfone groups is 1. The van der Waals surface area contributed by atoms with E-state index in [1.54, 1.807) is 0 Å². The molecule has 1 aliphatic heterocycles. The second kappa shape index (κ2) is 14.8. The number of carbonyl (C=O) groups excluding carboxylic acids is 2. The fourth-order valence-electron chi connectivity index (χ4n) is 6.39. The first-order chi connectivity index (χ1) is 17.4. The number of ether oxygens (including phenoxy) is 1. The number of nitrogens with two attached hydrogens (primary N) is 1. The molecule has 10 heteroatoms. The van der Waals surface area contributed by atoms with Crippen molar-refractivity contribution in [2.75, 3.05) is 12.9 Å². The molecular formula is C27H51N3O6S. The average Bonchev–Trinajstić information content (AvgIpc) is 2.84. The lowest BCUT2D eigenvalue weighted by Crippen LogP contribution is -2.64. The Morgan fingerprint density at radius 1 is 1.03 bits per heavy atom. The van der Waals surface area contributed by atoms with Gasteiger partial charge in [-0.2, -0.15) is 0 Å². The molecule has 1 saturated carbocycles. The maximum absolute atomic E-state index is 14.0. The summed E-state index contributed by atoms with van der Waals surface area (Å²) in [6.45, 7) is 8.36. The van der Waals surface area contributed by atoms with Gasteiger partial charge in [0.15, 0.2) is 20.9 Å². The standard InChI is InChI=1S/C27H51N3O6S/c1-19(2)17-22(15-14-21-11-7-6-8-12-21)24(25(31)30-36-23-13-9-10-16-35-23)27(18-20(3)4,26(32)29-28)37(5,33)34/h19-24H,6-18,28H2,1-5H3,(H,29,32)(H,30,31)/t22?,23?,24-,27+/m0/s1. The van der Waals surface area contributed by atoms with Crippen LogP contribution in [-0.2, 0) is 29.0 Å². The molecule has 37 heavy (non-hydrogen) atoms. The lowest BCUT2D eigenvalue weighted by molar-refractivity contribution is -0.203. The molecule has 4 atom stereocenters. The number of rotatable bonds is 14. The topological polar surface area (TPSA) is 137 Å². The van der Waals surface area contributed by atoms with Crippen LogP contribution in [0.25, 0.3) is 0 Å². The van der Waals surface area contributed by atoms with Crippen molar-refractivity contribution in [2.45, 2.75) is 116 Å². The van der Waals surface area contributed by atoms with Gasteiger partial charge in [-0.05, 0) is 55.8 Å². The molecule has 2 amide bonds. The van der Waals surface area contributed by atoms with Gasteiger partial charge in [0.2, 0.25) is 5.91 Å². The Kier molecular flexibility index (Phi) is 12.8. The third-order valence-corrected chi connectivity index (χ3v) is 9.95. The molecule has 0 spiro atoms. The van der Waals surface area contributed by atoms with Crippen molar-refractivity contribution in [1.82, 2.24) is 10.9 Å². The third-order valence-electron chi connectivity index (χ3n) is 8.02. The van der Waals surface area contributed by atoms with E-state index in [4.69, 9.17) is 15.4 Å². The zero-order valence-corrected chi connectivity index (χ0v) is 24.4. The highest BCUT2D eigenvalue weighted by Crippen LogP contribution is 2.43. The van der Waals surface area contributed by atoms with E-state index in [2.05, 4.69) is 24.8 Å². The zero-order valence-electron chi connectivity index (χ0n) is 23.6. The molecule has 0 radical (unpaired) electrons. The van der Waals surface area contributed by atoms with Crippen molar-refractivity contribution < 1.29 is 27.6 Å². The fourth-order valence-corrected chi connectivity index (χ4v) is 8.18. The first-order valence-electron chi connectivity index (χ1n) is 14.2. The number of hydroxylamine groups is 1. The van der Waals surface area contributed by atoms with Gasteiger partial charge in [-0.3, -0.25) is 15.0 Å². The summed E-state index contributed by atoms with van der Waals surface area (Å²) in [5, 5.41) is 0. The van der Waals surface area contributed by atoms with E-state index in [1.807, 2.05) is 13.8 Å². The van der Waals surface area contributed by atoms with Gasteiger partial charge in [0.1, 0.15) is 0 Å². The summed E-state index contributed by atoms with van der Waals surface area (Å²) in [6, 6.07) is 0. The fraction of sp³-hybridized carbons (Fsp3) is 0.926. The van der Waals surface area contributed by atoms with Crippen molar-refractivity contribution in [1.29, 1.82) is 0 Å². The van der Waals surface area contributed by atoms with Gasteiger partial charge in [-0.1, -0.05) is 66.2 Å². The van der Waals surface area contributed by atoms with Gasteiger partial charge in [0, 0.05) is 19.3 Å². The summed E-state index contributed by atoms with van der Waals surface area (Å²) in [6.07, 6.45) is 11.0. The van der Waals surface area contributed by atoms with Crippen LogP contribution in [0.1, 0.15) is 105 Å². The minimum absolute atomic E-state index is 0.0229. The number of carbonyl (C=O) groups is 2. The van der Waals surface area contributed by atoms with Crippen molar-refractivity contribution in [3.8, 4) is 0 Å². The zero-order chi connectivity index (χ0) is 27.6. The number of hydrogen-bond acceptors (Lipinski definition) is 7. The number of nitrogens with one attached hydrogen (secondary N) is 2. The summed E-state index contributed by atoms with van der Waals surface area (Å²) in [4.78, 5) is 33.1. The molecule has 0 aromatic heterocycles. The van der Waals surface area contributed by atoms with Gasteiger partial charge in [0.05, 0.1) is 5.92 Å². The molecule has 1 aliphatic carbocycles. The molecule has 216 valence electrons. The smallest absolute Gasteiger partial charge is 0.256 e. The lowest BCUT2D eigenvalue weighted by atomic mass is 9.70. The minimum Gasteiger partial charge on any atom is -0.350 e. The Morgan fingerprint density at radius 2 is 1.68 bits per heavy atom. The van der Waals surface area contributed by atoms with Gasteiger partial charge in [-0.15, -0.1) is 0 Å². The molecule has 1 heterocycles. The Balaban J connectivity index is 2.52. The Morgan fingerprint density at radius 3 is 2.19 bits per heavy atom. The summed E-state index contributed by atoms with van der Waals surface area (Å²) in [5.74, 6) is 3.23. The predicted octanol–water partition coefficient (Wildman–Crippen LogP) is 4.02. The highest BCUT2D eigenvalue weighted by Gasteiger charge is 2.59. The van der Waals surface area contributed by atoms with Crippen molar-refractivity contribution >= 4 is 21.7 Å². The highest BCUT2D eigenvalue weighted by atomic mass is 32.2. The molecule has 0 aromatic rings. The van der Waals surface area contributed by atoms with Crippen LogP contribution in [0.2, 0.25) is 0 Å². The summed E-state index contributed by atoms with van der Waals surface area (Å²) in [5.41, 5.74) is 4.63. The molecule has 0 aromatic carbocycles. The molecule has 2 fully saturated rings. The van der Waals surface area contributed by atoms with Crippen LogP contribution in [0.15, 0.2) is 0 Å². The van der Waals surface area contributed by atoms with E-state index in [1.165, 1.54) is 19.3 Å². The Hall–Kier alpha value is -1.23. The lowest BCUT2D eigenvalue weighted by Gasteiger charge is -2.42. The number of hydrazine groups is 1. The first kappa shape index (κ1) is 32.0. The van der Waals surface area contributed by atoms with Crippen molar-refractivity contribution in [3.63, 3.8) is 0 Å². The summed E-state index contributed by atoms with van der Waals surface area (Å²) in [7, 11) is -4.08. The first-order valence-corrected chi connectivity index (χ1v) is 16.1. The molecule has 2 rings (SSSR count). The van der Waals surface area contributed by atoms with E-state index in [-0.39, 0.29) is 24.2 Å². The van der Waals surface area contributed by atoms with Gasteiger partial charge in [0.25, 0.3) is 5.91 Å². The Bertz CT molecular complexity index is 822. The quantitative estimate of drug-likeness (QED) is 0.170. The second-order valence-electron chi connectivity index (χ2n) is 12.1. The van der Waals surface area contributed by atoms with E-state index in [9.17, 15) is 18.0 Å². The van der Waals surface area contributed by atoms with E-state index >= 15 is 0 Å². The van der Waals surface area contributed by atoms with E-state index < -0.39 is 38.6 Å². The molecule has 9 nitrogen and oxygen atoms in total. The number of amides is 2. The normalized spacial score (nSPS) is 22.9. The molecule has 4 N–H and O–H groups in total. The maximum Gasteiger partial charge on any atom is 0.256 e. The van der Waals surface area contributed by atoms with Crippen LogP contribution in [0.3, 0.4) is 0 Å². The van der Waals surface area contributed by atoms with Crippen LogP contribution in [0.4, 0.5) is 0 Å². The molecule has 0 bridgehead atoms. The maximum atomic E-state index is 14.0. The monoisotopic (exact) mass is 545 g/mol. The summed E-state index contributed by atoms with van der Waals surface area (Å²) >= 11 is 0. The van der Waals surface area contributed by atoms with Gasteiger partial charge >= 0.3 is 0 Å². The van der Waals surface area contributed by atoms with Gasteiger partial charge in [-0.25, -0.2) is 24.6 Å². The molecule has 2 aliphatic rings. The van der Waals surface area contributed by atoms with Crippen molar-refractivity contribution in [2.24, 2.45) is 35.4 Å². The minimum atomic E-state index is -4.08. The largest absolute Gasteiger partial charge is 0.350 e. The van der Waals surface area contributed by atoms with Crippen LogP contribution in [-0.4, -0.2) is 44.1 Å². The van der Waals surface area contributed by atoms with Gasteiger partial charge < -0.3 is 4.74 Å². The predicted molar refractivity (Wildman–Crippen MR) is 144 cm³/mol. The molecule has 2 unspecified atom stereocenters. The Labute approximate surface area is 224 Å². The van der Waals surface area contributed by atoms with E-state index in [0.29, 0.717) is 31.8 Å². The second-order valence-corrected chi connectivity index (χ2v) is 14.3.